The van der Waals surface area contributed by atoms with Gasteiger partial charge in [0, 0.05) is 11.3 Å². The highest BCUT2D eigenvalue weighted by Crippen LogP contribution is 2.33. The van der Waals surface area contributed by atoms with Gasteiger partial charge in [-0.05, 0) is 42.5 Å². The highest BCUT2D eigenvalue weighted by molar-refractivity contribution is 7.10. The third-order valence-electron chi connectivity index (χ3n) is 2.92. The lowest BCUT2D eigenvalue weighted by atomic mass is 9.93. The minimum absolute atomic E-state index is 0.0891. The van der Waals surface area contributed by atoms with Gasteiger partial charge in [0.05, 0.1) is 5.02 Å². The van der Waals surface area contributed by atoms with Crippen LogP contribution in [0.2, 0.25) is 5.02 Å². The van der Waals surface area contributed by atoms with E-state index in [-0.39, 0.29) is 11.4 Å². The summed E-state index contributed by atoms with van der Waals surface area (Å²) in [6, 6.07) is 6.80. The fourth-order valence-electron chi connectivity index (χ4n) is 2.06. The molecule has 2 aromatic rings. The van der Waals surface area contributed by atoms with E-state index in [0.717, 1.165) is 10.4 Å². The quantitative estimate of drug-likeness (QED) is 0.891. The minimum Gasteiger partial charge on any atom is -0.384 e. The van der Waals surface area contributed by atoms with Crippen LogP contribution in [0.4, 0.5) is 4.39 Å². The second-order valence-electron chi connectivity index (χ2n) is 4.60. The van der Waals surface area contributed by atoms with Crippen LogP contribution >= 0.6 is 22.9 Å². The van der Waals surface area contributed by atoms with Crippen molar-refractivity contribution in [3.05, 3.63) is 56.5 Å². The van der Waals surface area contributed by atoms with Crippen molar-refractivity contribution >= 4 is 22.9 Å². The van der Waals surface area contributed by atoms with Crippen molar-refractivity contribution in [2.45, 2.75) is 25.9 Å². The first-order valence-corrected chi connectivity index (χ1v) is 6.87. The van der Waals surface area contributed by atoms with Gasteiger partial charge in [-0.3, -0.25) is 0 Å². The van der Waals surface area contributed by atoms with E-state index < -0.39 is 11.4 Å². The highest BCUT2D eigenvalue weighted by Gasteiger charge is 2.28. The van der Waals surface area contributed by atoms with E-state index >= 15 is 0 Å². The van der Waals surface area contributed by atoms with Crippen molar-refractivity contribution in [1.29, 1.82) is 0 Å². The number of halogens is 2. The summed E-state index contributed by atoms with van der Waals surface area (Å²) >= 11 is 7.23. The van der Waals surface area contributed by atoms with Crippen LogP contribution in [0.25, 0.3) is 0 Å². The number of benzene rings is 1. The molecule has 1 heterocycles. The second-order valence-corrected chi connectivity index (χ2v) is 5.92. The predicted molar refractivity (Wildman–Crippen MR) is 73.7 cm³/mol. The maximum absolute atomic E-state index is 13.8. The van der Waals surface area contributed by atoms with Crippen molar-refractivity contribution in [2.75, 3.05) is 0 Å². The SMILES string of the molecule is Cc1ccsc1C(C)(O)Cc1cccc(Cl)c1F. The molecular weight excluding hydrogens is 271 g/mol. The largest absolute Gasteiger partial charge is 0.384 e. The molecule has 0 aliphatic rings. The van der Waals surface area contributed by atoms with Crippen molar-refractivity contribution in [3.63, 3.8) is 0 Å². The lowest BCUT2D eigenvalue weighted by Crippen LogP contribution is -2.24. The first kappa shape index (κ1) is 13.5. The summed E-state index contributed by atoms with van der Waals surface area (Å²) in [4.78, 5) is 0.863. The van der Waals surface area contributed by atoms with Crippen molar-refractivity contribution in [1.82, 2.24) is 0 Å². The highest BCUT2D eigenvalue weighted by atomic mass is 35.5. The van der Waals surface area contributed by atoms with Crippen LogP contribution in [0.15, 0.2) is 29.6 Å². The molecule has 0 saturated heterocycles. The van der Waals surface area contributed by atoms with Crippen LogP contribution in [-0.4, -0.2) is 5.11 Å². The Morgan fingerprint density at radius 2 is 2.11 bits per heavy atom. The van der Waals surface area contributed by atoms with Crippen molar-refractivity contribution in [2.24, 2.45) is 0 Å². The number of aliphatic hydroxyl groups is 1. The Balaban J connectivity index is 2.33. The molecule has 18 heavy (non-hydrogen) atoms. The van der Waals surface area contributed by atoms with E-state index in [1.807, 2.05) is 18.4 Å². The molecule has 0 spiro atoms. The molecule has 0 bridgehead atoms. The summed E-state index contributed by atoms with van der Waals surface area (Å²) in [6.07, 6.45) is 0.209. The molecule has 1 nitrogen and oxygen atoms in total. The van der Waals surface area contributed by atoms with E-state index in [0.29, 0.717) is 5.56 Å². The predicted octanol–water partition coefficient (Wildman–Crippen LogP) is 4.30. The van der Waals surface area contributed by atoms with Gasteiger partial charge < -0.3 is 5.11 Å². The molecule has 1 atom stereocenters. The van der Waals surface area contributed by atoms with Crippen LogP contribution < -0.4 is 0 Å². The Labute approximate surface area is 115 Å². The van der Waals surface area contributed by atoms with Crippen molar-refractivity contribution in [3.8, 4) is 0 Å². The van der Waals surface area contributed by atoms with E-state index in [9.17, 15) is 9.50 Å². The average Bonchev–Trinajstić information content (AvgIpc) is 2.72. The van der Waals surface area contributed by atoms with Gasteiger partial charge in [-0.2, -0.15) is 0 Å². The van der Waals surface area contributed by atoms with Crippen LogP contribution in [-0.2, 0) is 12.0 Å². The molecule has 0 saturated carbocycles. The third-order valence-corrected chi connectivity index (χ3v) is 4.48. The summed E-state index contributed by atoms with van der Waals surface area (Å²) in [7, 11) is 0. The molecule has 96 valence electrons. The summed E-state index contributed by atoms with van der Waals surface area (Å²) in [5, 5.41) is 12.5. The standard InChI is InChI=1S/C14H14ClFOS/c1-9-6-7-18-13(9)14(2,17)8-10-4-3-5-11(15)12(10)16/h3-7,17H,8H2,1-2H3. The van der Waals surface area contributed by atoms with E-state index in [4.69, 9.17) is 11.6 Å². The molecule has 4 heteroatoms. The van der Waals surface area contributed by atoms with Crippen molar-refractivity contribution < 1.29 is 9.50 Å². The first-order chi connectivity index (χ1) is 8.42. The summed E-state index contributed by atoms with van der Waals surface area (Å²) in [6.45, 7) is 3.64. The Morgan fingerprint density at radius 1 is 1.39 bits per heavy atom. The third kappa shape index (κ3) is 2.58. The maximum Gasteiger partial charge on any atom is 0.145 e. The number of hydrogen-bond donors (Lipinski definition) is 1. The number of thiophene rings is 1. The van der Waals surface area contributed by atoms with Gasteiger partial charge in [-0.1, -0.05) is 23.7 Å². The summed E-state index contributed by atoms with van der Waals surface area (Å²) < 4.78 is 13.8. The Morgan fingerprint density at radius 3 is 2.72 bits per heavy atom. The van der Waals surface area contributed by atoms with E-state index in [2.05, 4.69) is 0 Å². The Kier molecular flexibility index (Phi) is 3.76. The fraction of sp³-hybridized carbons (Fsp3) is 0.286. The summed E-state index contributed by atoms with van der Waals surface area (Å²) in [5.41, 5.74) is 0.372. The number of hydrogen-bond acceptors (Lipinski definition) is 2. The van der Waals surface area contributed by atoms with Gasteiger partial charge in [0.15, 0.2) is 0 Å². The molecule has 0 fully saturated rings. The topological polar surface area (TPSA) is 20.2 Å². The molecule has 0 aliphatic heterocycles. The molecular formula is C14H14ClFOS. The molecule has 0 amide bonds. The normalized spacial score (nSPS) is 14.5. The second kappa shape index (κ2) is 5.00. The van der Waals surface area contributed by atoms with Gasteiger partial charge in [0.25, 0.3) is 0 Å². The first-order valence-electron chi connectivity index (χ1n) is 5.61. The Hall–Kier alpha value is -0.900. The molecule has 1 aromatic carbocycles. The molecule has 2 rings (SSSR count). The van der Waals surface area contributed by atoms with Crippen LogP contribution in [0.3, 0.4) is 0 Å². The molecule has 0 aliphatic carbocycles. The molecule has 1 unspecified atom stereocenters. The van der Waals surface area contributed by atoms with Crippen LogP contribution in [0, 0.1) is 12.7 Å². The van der Waals surface area contributed by atoms with Gasteiger partial charge in [0.2, 0.25) is 0 Å². The molecule has 1 aromatic heterocycles. The van der Waals surface area contributed by atoms with Gasteiger partial charge in [0.1, 0.15) is 11.4 Å². The van der Waals surface area contributed by atoms with Crippen LogP contribution in [0.5, 0.6) is 0 Å². The summed E-state index contributed by atoms with van der Waals surface area (Å²) in [5.74, 6) is -0.450. The lowest BCUT2D eigenvalue weighted by molar-refractivity contribution is 0.0600. The Bertz CT molecular complexity index is 563. The molecule has 1 N–H and O–H groups in total. The van der Waals surface area contributed by atoms with Gasteiger partial charge in [-0.15, -0.1) is 11.3 Å². The molecule has 0 radical (unpaired) electrons. The van der Waals surface area contributed by atoms with Gasteiger partial charge >= 0.3 is 0 Å². The maximum atomic E-state index is 13.8. The number of rotatable bonds is 3. The zero-order valence-corrected chi connectivity index (χ0v) is 11.8. The lowest BCUT2D eigenvalue weighted by Gasteiger charge is -2.23. The monoisotopic (exact) mass is 284 g/mol. The smallest absolute Gasteiger partial charge is 0.145 e. The van der Waals surface area contributed by atoms with E-state index in [1.165, 1.54) is 17.4 Å². The zero-order chi connectivity index (χ0) is 13.3. The van der Waals surface area contributed by atoms with E-state index in [1.54, 1.807) is 19.1 Å². The van der Waals surface area contributed by atoms with Crippen LogP contribution in [0.1, 0.15) is 22.9 Å². The fourth-order valence-corrected chi connectivity index (χ4v) is 3.24. The van der Waals surface area contributed by atoms with Gasteiger partial charge in [-0.25, -0.2) is 4.39 Å². The average molecular weight is 285 g/mol. The minimum atomic E-state index is -1.08. The number of aryl methyl sites for hydroxylation is 1. The zero-order valence-electron chi connectivity index (χ0n) is 10.2.